The third-order valence-electron chi connectivity index (χ3n) is 1.07. The summed E-state index contributed by atoms with van der Waals surface area (Å²) in [6.45, 7) is 0. The maximum atomic E-state index is 9.95. The fraction of sp³-hybridized carbons (Fsp3) is 0. The summed E-state index contributed by atoms with van der Waals surface area (Å²) in [5, 5.41) is 2.65. The molecule has 0 fully saturated rings. The van der Waals surface area contributed by atoms with Crippen LogP contribution in [0.15, 0.2) is 17.3 Å². The standard InChI is InChI=1S/C5H6N4O/c6-4-2-1-3(9-10)5(7)8-4/h1-2H,(H4,6,7,8)/p+1. The molecule has 0 aliphatic heterocycles. The van der Waals surface area contributed by atoms with Gasteiger partial charge in [0.25, 0.3) is 0 Å². The zero-order valence-corrected chi connectivity index (χ0v) is 5.16. The summed E-state index contributed by atoms with van der Waals surface area (Å²) in [6.07, 6.45) is 0. The third kappa shape index (κ3) is 1.02. The monoisotopic (exact) mass is 139 g/mol. The number of hydrogen-bond donors (Lipinski definition) is 2. The van der Waals surface area contributed by atoms with E-state index in [-0.39, 0.29) is 11.5 Å². The van der Waals surface area contributed by atoms with Gasteiger partial charge in [-0.3, -0.25) is 0 Å². The maximum absolute atomic E-state index is 9.95. The molecule has 0 aliphatic carbocycles. The second kappa shape index (κ2) is 2.30. The highest BCUT2D eigenvalue weighted by atomic mass is 16.3. The van der Waals surface area contributed by atoms with Crippen molar-refractivity contribution in [3.63, 3.8) is 0 Å². The Balaban J connectivity index is 3.19. The first-order valence-electron chi connectivity index (χ1n) is 2.64. The van der Waals surface area contributed by atoms with Crippen LogP contribution in [0.2, 0.25) is 0 Å². The molecule has 5 N–H and O–H groups in total. The van der Waals surface area contributed by atoms with Gasteiger partial charge < -0.3 is 11.5 Å². The molecule has 5 heteroatoms. The zero-order valence-electron chi connectivity index (χ0n) is 5.16. The molecular weight excluding hydrogens is 132 g/mol. The van der Waals surface area contributed by atoms with E-state index in [9.17, 15) is 4.91 Å². The first-order chi connectivity index (χ1) is 4.74. The van der Waals surface area contributed by atoms with Crippen LogP contribution in [0.25, 0.3) is 0 Å². The van der Waals surface area contributed by atoms with Gasteiger partial charge in [0.2, 0.25) is 11.6 Å². The van der Waals surface area contributed by atoms with Gasteiger partial charge in [0.05, 0.1) is 0 Å². The normalized spacial score (nSPS) is 9.20. The number of aromatic amines is 1. The van der Waals surface area contributed by atoms with Crippen LogP contribution in [0, 0.1) is 4.91 Å². The molecule has 5 nitrogen and oxygen atoms in total. The molecule has 0 bridgehead atoms. The number of hydrogen-bond acceptors (Lipinski definition) is 4. The lowest BCUT2D eigenvalue weighted by molar-refractivity contribution is -0.341. The Labute approximate surface area is 57.0 Å². The first kappa shape index (κ1) is 6.47. The van der Waals surface area contributed by atoms with Crippen molar-refractivity contribution in [2.75, 3.05) is 11.5 Å². The van der Waals surface area contributed by atoms with E-state index in [0.717, 1.165) is 0 Å². The molecule has 1 rings (SSSR count). The Morgan fingerprint density at radius 2 is 2.10 bits per heavy atom. The van der Waals surface area contributed by atoms with Crippen molar-refractivity contribution >= 4 is 17.3 Å². The second-order valence-electron chi connectivity index (χ2n) is 1.80. The minimum atomic E-state index is 0.175. The van der Waals surface area contributed by atoms with Gasteiger partial charge in [0.1, 0.15) is 0 Å². The predicted octanol–water partition coefficient (Wildman–Crippen LogP) is 0.0630. The minimum absolute atomic E-state index is 0.175. The van der Waals surface area contributed by atoms with Crippen LogP contribution < -0.4 is 16.5 Å². The number of nitrogens with one attached hydrogen (secondary N) is 1. The molecular formula is C5H7N4O+. The maximum Gasteiger partial charge on any atom is 0.246 e. The molecule has 0 spiro atoms. The molecule has 0 saturated carbocycles. The summed E-state index contributed by atoms with van der Waals surface area (Å²) in [5.74, 6) is 0.597. The summed E-state index contributed by atoms with van der Waals surface area (Å²) in [5.41, 5.74) is 10.8. The number of anilines is 2. The van der Waals surface area contributed by atoms with Crippen LogP contribution in [0.5, 0.6) is 0 Å². The topological polar surface area (TPSA) is 95.6 Å². The fourth-order valence-corrected chi connectivity index (χ4v) is 0.599. The molecule has 10 heavy (non-hydrogen) atoms. The molecule has 0 unspecified atom stereocenters. The van der Waals surface area contributed by atoms with Gasteiger partial charge in [-0.25, -0.2) is 4.98 Å². The van der Waals surface area contributed by atoms with E-state index in [0.29, 0.717) is 5.82 Å². The molecule has 1 aromatic heterocycles. The minimum Gasteiger partial charge on any atom is -0.319 e. The third-order valence-corrected chi connectivity index (χ3v) is 1.07. The Hall–Kier alpha value is -1.65. The Morgan fingerprint density at radius 1 is 1.40 bits per heavy atom. The summed E-state index contributed by atoms with van der Waals surface area (Å²) in [7, 11) is 0. The largest absolute Gasteiger partial charge is 0.319 e. The van der Waals surface area contributed by atoms with Crippen molar-refractivity contribution in [1.29, 1.82) is 0 Å². The summed E-state index contributed by atoms with van der Waals surface area (Å²) < 4.78 is 0. The highest BCUT2D eigenvalue weighted by Crippen LogP contribution is 2.15. The predicted molar refractivity (Wildman–Crippen MR) is 37.3 cm³/mol. The van der Waals surface area contributed by atoms with Gasteiger partial charge in [0.15, 0.2) is 5.69 Å². The van der Waals surface area contributed by atoms with Crippen LogP contribution in [-0.4, -0.2) is 0 Å². The number of nitrogens with zero attached hydrogens (tertiary/aromatic N) is 1. The van der Waals surface area contributed by atoms with Gasteiger partial charge in [-0.1, -0.05) is 0 Å². The van der Waals surface area contributed by atoms with E-state index in [1.165, 1.54) is 12.1 Å². The number of nitrogen functional groups attached to an aromatic ring is 2. The summed E-state index contributed by atoms with van der Waals surface area (Å²) >= 11 is 0. The Kier molecular flexibility index (Phi) is 1.49. The van der Waals surface area contributed by atoms with E-state index in [2.05, 4.69) is 10.2 Å². The van der Waals surface area contributed by atoms with Crippen LogP contribution in [0.3, 0.4) is 0 Å². The highest BCUT2D eigenvalue weighted by Gasteiger charge is 2.02. The van der Waals surface area contributed by atoms with E-state index >= 15 is 0 Å². The fourth-order valence-electron chi connectivity index (χ4n) is 0.599. The zero-order chi connectivity index (χ0) is 7.56. The van der Waals surface area contributed by atoms with Crippen LogP contribution in [0.1, 0.15) is 0 Å². The van der Waals surface area contributed by atoms with E-state index in [1.54, 1.807) is 0 Å². The average Bonchev–Trinajstić information content (AvgIpc) is 1.88. The lowest BCUT2D eigenvalue weighted by atomic mass is 10.4. The average molecular weight is 139 g/mol. The molecule has 1 aromatic rings. The number of aromatic nitrogens is 1. The molecule has 0 aliphatic rings. The van der Waals surface area contributed by atoms with Crippen LogP contribution in [-0.2, 0) is 0 Å². The van der Waals surface area contributed by atoms with Gasteiger partial charge >= 0.3 is 0 Å². The summed E-state index contributed by atoms with van der Waals surface area (Å²) in [6, 6.07) is 2.97. The molecule has 0 atom stereocenters. The lowest BCUT2D eigenvalue weighted by Crippen LogP contribution is -2.14. The molecule has 1 heterocycles. The molecule has 0 saturated heterocycles. The van der Waals surface area contributed by atoms with Crippen molar-refractivity contribution in [3.05, 3.63) is 17.0 Å². The highest BCUT2D eigenvalue weighted by molar-refractivity contribution is 5.54. The quantitative estimate of drug-likeness (QED) is 0.538. The van der Waals surface area contributed by atoms with E-state index in [4.69, 9.17) is 11.5 Å². The molecule has 0 aromatic carbocycles. The van der Waals surface area contributed by atoms with E-state index < -0.39 is 0 Å². The van der Waals surface area contributed by atoms with Gasteiger partial charge in [0, 0.05) is 6.07 Å². The van der Waals surface area contributed by atoms with Crippen molar-refractivity contribution < 1.29 is 4.98 Å². The van der Waals surface area contributed by atoms with Gasteiger partial charge in [-0.15, -0.1) is 4.91 Å². The van der Waals surface area contributed by atoms with Crippen molar-refractivity contribution in [2.45, 2.75) is 0 Å². The number of pyridine rings is 1. The van der Waals surface area contributed by atoms with Crippen molar-refractivity contribution in [2.24, 2.45) is 5.18 Å². The number of nitrogens with two attached hydrogens (primary N) is 2. The van der Waals surface area contributed by atoms with Gasteiger partial charge in [-0.2, -0.15) is 0 Å². The Morgan fingerprint density at radius 3 is 2.60 bits per heavy atom. The van der Waals surface area contributed by atoms with Gasteiger partial charge in [-0.05, 0) is 11.2 Å². The summed E-state index contributed by atoms with van der Waals surface area (Å²) in [4.78, 5) is 12.5. The van der Waals surface area contributed by atoms with E-state index in [1.807, 2.05) is 0 Å². The lowest BCUT2D eigenvalue weighted by Gasteiger charge is -1.91. The first-order valence-corrected chi connectivity index (χ1v) is 2.64. The smallest absolute Gasteiger partial charge is 0.246 e. The number of rotatable bonds is 1. The van der Waals surface area contributed by atoms with Crippen molar-refractivity contribution in [3.8, 4) is 0 Å². The molecule has 52 valence electrons. The van der Waals surface area contributed by atoms with Crippen LogP contribution >= 0.6 is 0 Å². The second-order valence-corrected chi connectivity index (χ2v) is 1.80. The molecule has 0 radical (unpaired) electrons. The number of H-pyrrole nitrogens is 1. The van der Waals surface area contributed by atoms with Crippen LogP contribution in [0.4, 0.5) is 17.3 Å². The van der Waals surface area contributed by atoms with Crippen molar-refractivity contribution in [1.82, 2.24) is 0 Å². The Bertz CT molecular complexity index is 260. The number of nitroso groups, excluding NO2 is 1. The molecule has 0 amide bonds. The SMILES string of the molecule is Nc1ccc(N=O)c(N)[nH+]1.